The molecule has 0 aromatic rings. The molecule has 21 heavy (non-hydrogen) atoms. The molecule has 4 heteroatoms. The third kappa shape index (κ3) is 7.16. The van der Waals surface area contributed by atoms with Crippen molar-refractivity contribution in [2.75, 3.05) is 26.2 Å². The van der Waals surface area contributed by atoms with Crippen molar-refractivity contribution in [3.63, 3.8) is 0 Å². The summed E-state index contributed by atoms with van der Waals surface area (Å²) in [7, 11) is 0. The molecule has 0 bridgehead atoms. The minimum atomic E-state index is 0.0433. The highest BCUT2D eigenvalue weighted by Gasteiger charge is 2.13. The van der Waals surface area contributed by atoms with Gasteiger partial charge in [-0.1, -0.05) is 32.1 Å². The molecule has 0 unspecified atom stereocenters. The Kier molecular flexibility index (Phi) is 7.94. The number of likely N-dealkylation sites (tertiary alicyclic amines) is 1. The van der Waals surface area contributed by atoms with E-state index in [-0.39, 0.29) is 6.03 Å². The van der Waals surface area contributed by atoms with Crippen LogP contribution >= 0.6 is 0 Å². The van der Waals surface area contributed by atoms with Crippen LogP contribution in [-0.4, -0.2) is 43.2 Å². The summed E-state index contributed by atoms with van der Waals surface area (Å²) in [5, 5.41) is 6.18. The molecule has 1 aliphatic heterocycles. The molecule has 2 rings (SSSR count). The van der Waals surface area contributed by atoms with E-state index < -0.39 is 0 Å². The fourth-order valence-corrected chi connectivity index (χ4v) is 3.51. The van der Waals surface area contributed by atoms with Crippen LogP contribution < -0.4 is 10.6 Å². The fourth-order valence-electron chi connectivity index (χ4n) is 3.51. The van der Waals surface area contributed by atoms with Gasteiger partial charge in [-0.15, -0.1) is 0 Å². The van der Waals surface area contributed by atoms with Gasteiger partial charge in [-0.25, -0.2) is 4.79 Å². The monoisotopic (exact) mass is 295 g/mol. The number of nitrogens with zero attached hydrogens (tertiary/aromatic N) is 1. The Morgan fingerprint density at radius 3 is 2.29 bits per heavy atom. The van der Waals surface area contributed by atoms with E-state index in [1.165, 1.54) is 71.0 Å². The van der Waals surface area contributed by atoms with E-state index in [1.807, 2.05) is 0 Å². The number of urea groups is 1. The predicted octanol–water partition coefficient (Wildman–Crippen LogP) is 3.27. The zero-order valence-corrected chi connectivity index (χ0v) is 13.5. The van der Waals surface area contributed by atoms with Gasteiger partial charge in [0.15, 0.2) is 0 Å². The van der Waals surface area contributed by atoms with Crippen LogP contribution in [0.4, 0.5) is 4.79 Å². The van der Waals surface area contributed by atoms with Crippen molar-refractivity contribution >= 4 is 6.03 Å². The zero-order valence-electron chi connectivity index (χ0n) is 13.5. The average molecular weight is 295 g/mol. The van der Waals surface area contributed by atoms with Gasteiger partial charge >= 0.3 is 6.03 Å². The Hall–Kier alpha value is -0.770. The van der Waals surface area contributed by atoms with Crippen molar-refractivity contribution < 1.29 is 4.79 Å². The number of unbranched alkanes of at least 4 members (excludes halogenated alkanes) is 1. The van der Waals surface area contributed by atoms with Gasteiger partial charge in [-0.2, -0.15) is 0 Å². The van der Waals surface area contributed by atoms with Crippen molar-refractivity contribution in [3.8, 4) is 0 Å². The number of carbonyl (C=O) groups is 1. The maximum Gasteiger partial charge on any atom is 0.315 e. The summed E-state index contributed by atoms with van der Waals surface area (Å²) in [5.41, 5.74) is 0. The normalized spacial score (nSPS) is 21.7. The smallest absolute Gasteiger partial charge is 0.315 e. The second kappa shape index (κ2) is 10.0. The zero-order chi connectivity index (χ0) is 14.8. The summed E-state index contributed by atoms with van der Waals surface area (Å²) in [6.07, 6.45) is 13.9. The van der Waals surface area contributed by atoms with Crippen molar-refractivity contribution in [1.29, 1.82) is 0 Å². The number of hydrogen-bond acceptors (Lipinski definition) is 2. The van der Waals surface area contributed by atoms with Gasteiger partial charge in [0.1, 0.15) is 0 Å². The van der Waals surface area contributed by atoms with Gasteiger partial charge < -0.3 is 15.5 Å². The maximum atomic E-state index is 11.9. The molecule has 0 aromatic carbocycles. The van der Waals surface area contributed by atoms with Crippen LogP contribution in [0.25, 0.3) is 0 Å². The highest BCUT2D eigenvalue weighted by molar-refractivity contribution is 5.74. The first-order chi connectivity index (χ1) is 10.3. The lowest BCUT2D eigenvalue weighted by molar-refractivity contribution is 0.233. The molecule has 122 valence electrons. The van der Waals surface area contributed by atoms with E-state index in [0.29, 0.717) is 6.04 Å². The summed E-state index contributed by atoms with van der Waals surface area (Å²) in [6, 6.07) is 0.441. The summed E-state index contributed by atoms with van der Waals surface area (Å²) in [6.45, 7) is 4.56. The van der Waals surface area contributed by atoms with E-state index in [2.05, 4.69) is 15.5 Å². The second-order valence-electron chi connectivity index (χ2n) is 6.70. The number of hydrogen-bond donors (Lipinski definition) is 2. The Morgan fingerprint density at radius 2 is 1.57 bits per heavy atom. The third-order valence-electron chi connectivity index (χ3n) is 4.83. The number of carbonyl (C=O) groups excluding carboxylic acids is 1. The second-order valence-corrected chi connectivity index (χ2v) is 6.70. The molecule has 1 saturated carbocycles. The van der Waals surface area contributed by atoms with Gasteiger partial charge in [-0.05, 0) is 58.2 Å². The molecule has 4 nitrogen and oxygen atoms in total. The first-order valence-corrected chi connectivity index (χ1v) is 9.11. The van der Waals surface area contributed by atoms with Crippen LogP contribution in [0.3, 0.4) is 0 Å². The highest BCUT2D eigenvalue weighted by Crippen LogP contribution is 2.16. The van der Waals surface area contributed by atoms with Crippen LogP contribution in [-0.2, 0) is 0 Å². The molecule has 2 fully saturated rings. The molecule has 0 spiro atoms. The Morgan fingerprint density at radius 1 is 0.905 bits per heavy atom. The molecule has 0 atom stereocenters. The van der Waals surface area contributed by atoms with E-state index in [9.17, 15) is 4.79 Å². The topological polar surface area (TPSA) is 44.4 Å². The summed E-state index contributed by atoms with van der Waals surface area (Å²) in [4.78, 5) is 14.4. The Bertz CT molecular complexity index is 282. The van der Waals surface area contributed by atoms with Gasteiger partial charge in [0, 0.05) is 12.6 Å². The maximum absolute atomic E-state index is 11.9. The van der Waals surface area contributed by atoms with Gasteiger partial charge in [0.25, 0.3) is 0 Å². The van der Waals surface area contributed by atoms with Crippen molar-refractivity contribution in [3.05, 3.63) is 0 Å². The molecule has 1 aliphatic carbocycles. The predicted molar refractivity (Wildman–Crippen MR) is 87.5 cm³/mol. The molecule has 2 amide bonds. The Balaban J connectivity index is 1.48. The van der Waals surface area contributed by atoms with E-state index in [1.54, 1.807) is 0 Å². The minimum Gasteiger partial charge on any atom is -0.338 e. The first-order valence-electron chi connectivity index (χ1n) is 9.11. The van der Waals surface area contributed by atoms with Crippen LogP contribution in [0.2, 0.25) is 0 Å². The Labute approximate surface area is 130 Å². The molecule has 1 heterocycles. The fraction of sp³-hybridized carbons (Fsp3) is 0.941. The van der Waals surface area contributed by atoms with Crippen LogP contribution in [0.15, 0.2) is 0 Å². The molecular weight excluding hydrogens is 262 g/mol. The van der Waals surface area contributed by atoms with Gasteiger partial charge in [0.2, 0.25) is 0 Å². The molecule has 0 aromatic heterocycles. The largest absolute Gasteiger partial charge is 0.338 e. The number of amides is 2. The minimum absolute atomic E-state index is 0.0433. The quantitative estimate of drug-likeness (QED) is 0.739. The first kappa shape index (κ1) is 16.6. The number of rotatable bonds is 6. The lowest BCUT2D eigenvalue weighted by Crippen LogP contribution is -2.42. The molecular formula is C17H33N3O. The van der Waals surface area contributed by atoms with Crippen LogP contribution in [0.5, 0.6) is 0 Å². The SMILES string of the molecule is O=C(NCCCCN1CCCC1)NC1CCCCCCC1. The van der Waals surface area contributed by atoms with E-state index in [4.69, 9.17) is 0 Å². The standard InChI is InChI=1S/C17H33N3O/c21-17(19-16-10-4-2-1-3-5-11-16)18-12-6-7-13-20-14-8-9-15-20/h16H,1-15H2,(H2,18,19,21). The van der Waals surface area contributed by atoms with E-state index in [0.717, 1.165) is 25.8 Å². The molecule has 1 saturated heterocycles. The molecule has 2 N–H and O–H groups in total. The van der Waals surface area contributed by atoms with Gasteiger partial charge in [0.05, 0.1) is 0 Å². The van der Waals surface area contributed by atoms with Crippen LogP contribution in [0.1, 0.15) is 70.6 Å². The van der Waals surface area contributed by atoms with Crippen molar-refractivity contribution in [1.82, 2.24) is 15.5 Å². The van der Waals surface area contributed by atoms with E-state index >= 15 is 0 Å². The van der Waals surface area contributed by atoms with Crippen LogP contribution in [0, 0.1) is 0 Å². The number of nitrogens with one attached hydrogen (secondary N) is 2. The lowest BCUT2D eigenvalue weighted by Gasteiger charge is -2.21. The molecule has 0 radical (unpaired) electrons. The summed E-state index contributed by atoms with van der Waals surface area (Å²) >= 11 is 0. The van der Waals surface area contributed by atoms with Crippen molar-refractivity contribution in [2.24, 2.45) is 0 Å². The van der Waals surface area contributed by atoms with Crippen molar-refractivity contribution in [2.45, 2.75) is 76.7 Å². The summed E-state index contributed by atoms with van der Waals surface area (Å²) < 4.78 is 0. The lowest BCUT2D eigenvalue weighted by atomic mass is 9.97. The van der Waals surface area contributed by atoms with Gasteiger partial charge in [-0.3, -0.25) is 0 Å². The average Bonchev–Trinajstić information content (AvgIpc) is 2.94. The molecule has 2 aliphatic rings. The summed E-state index contributed by atoms with van der Waals surface area (Å²) in [5.74, 6) is 0. The third-order valence-corrected chi connectivity index (χ3v) is 4.83. The highest BCUT2D eigenvalue weighted by atomic mass is 16.2.